The number of fused-ring (bicyclic) bond motifs is 1. The molecule has 11 nitrogen and oxygen atoms in total. The van der Waals surface area contributed by atoms with Gasteiger partial charge in [-0.2, -0.15) is 0 Å². The summed E-state index contributed by atoms with van der Waals surface area (Å²) in [6.45, 7) is 2.37. The largest absolute Gasteiger partial charge is 0.473 e. The topological polar surface area (TPSA) is 152 Å². The number of para-hydroxylation sites is 2. The maximum absolute atomic E-state index is 12.7. The zero-order valence-corrected chi connectivity index (χ0v) is 18.0. The molecule has 0 bridgehead atoms. The number of benzene rings is 1. The van der Waals surface area contributed by atoms with Crippen molar-refractivity contribution in [2.24, 2.45) is 5.92 Å². The van der Waals surface area contributed by atoms with Gasteiger partial charge in [-0.3, -0.25) is 4.79 Å². The highest BCUT2D eigenvalue weighted by Gasteiger charge is 2.26. The Balaban J connectivity index is 0.000000408. The Morgan fingerprint density at radius 1 is 1.00 bits per heavy atom. The number of hydrogen-bond donors (Lipinski definition) is 2. The Hall–Kier alpha value is -4.41. The third-order valence-electron chi connectivity index (χ3n) is 5.56. The minimum absolute atomic E-state index is 0.0897. The summed E-state index contributed by atoms with van der Waals surface area (Å²) in [5, 5.41) is 18.7. The minimum atomic E-state index is -1.82. The summed E-state index contributed by atoms with van der Waals surface area (Å²) in [6, 6.07) is 13.4. The minimum Gasteiger partial charge on any atom is -0.473 e. The Bertz CT molecular complexity index is 1270. The van der Waals surface area contributed by atoms with Crippen LogP contribution in [0.5, 0.6) is 0 Å². The first-order chi connectivity index (χ1) is 16.4. The molecule has 176 valence electrons. The van der Waals surface area contributed by atoms with E-state index in [9.17, 15) is 4.79 Å². The van der Waals surface area contributed by atoms with Crippen molar-refractivity contribution in [3.8, 4) is 11.5 Å². The van der Waals surface area contributed by atoms with Crippen molar-refractivity contribution in [1.82, 2.24) is 19.6 Å². The number of carboxylic acids is 2. The van der Waals surface area contributed by atoms with Gasteiger partial charge in [-0.1, -0.05) is 17.3 Å². The van der Waals surface area contributed by atoms with E-state index in [1.807, 2.05) is 29.4 Å². The average Bonchev–Trinajstić information content (AvgIpc) is 3.61. The average molecular weight is 466 g/mol. The van der Waals surface area contributed by atoms with Gasteiger partial charge in [-0.05, 0) is 43.0 Å². The van der Waals surface area contributed by atoms with E-state index in [2.05, 4.69) is 20.8 Å². The molecule has 2 N–H and O–H groups in total. The molecule has 11 heteroatoms. The SMILES string of the molecule is O=C(O)C(=O)O.O=C(c1cc(-c2ccco2)on1)N1CCC(Cn2cnc3ccccc32)CC1. The molecule has 0 spiro atoms. The smallest absolute Gasteiger partial charge is 0.414 e. The van der Waals surface area contributed by atoms with Crippen LogP contribution < -0.4 is 0 Å². The lowest BCUT2D eigenvalue weighted by Gasteiger charge is -2.31. The van der Waals surface area contributed by atoms with E-state index in [1.165, 1.54) is 0 Å². The van der Waals surface area contributed by atoms with Crippen LogP contribution in [0.15, 0.2) is 64.0 Å². The van der Waals surface area contributed by atoms with E-state index in [0.717, 1.165) is 43.5 Å². The number of aromatic nitrogens is 3. The summed E-state index contributed by atoms with van der Waals surface area (Å²) in [6.07, 6.45) is 5.39. The fraction of sp³-hybridized carbons (Fsp3) is 0.261. The lowest BCUT2D eigenvalue weighted by Crippen LogP contribution is -2.39. The number of carboxylic acid groups (broad SMARTS) is 2. The fourth-order valence-electron chi connectivity index (χ4n) is 3.83. The molecule has 5 rings (SSSR count). The fourth-order valence-corrected chi connectivity index (χ4v) is 3.83. The lowest BCUT2D eigenvalue weighted by molar-refractivity contribution is -0.159. The number of hydrogen-bond acceptors (Lipinski definition) is 7. The van der Waals surface area contributed by atoms with Gasteiger partial charge in [0.15, 0.2) is 11.5 Å². The van der Waals surface area contributed by atoms with Gasteiger partial charge in [0, 0.05) is 25.7 Å². The maximum Gasteiger partial charge on any atom is 0.414 e. The molecule has 34 heavy (non-hydrogen) atoms. The number of carbonyl (C=O) groups excluding carboxylic acids is 1. The van der Waals surface area contributed by atoms with Crippen LogP contribution in [0.4, 0.5) is 0 Å². The molecule has 0 saturated carbocycles. The Labute approximate surface area is 193 Å². The number of aliphatic carboxylic acids is 2. The van der Waals surface area contributed by atoms with Crippen molar-refractivity contribution in [3.63, 3.8) is 0 Å². The Morgan fingerprint density at radius 2 is 1.74 bits per heavy atom. The predicted octanol–water partition coefficient (Wildman–Crippen LogP) is 2.99. The summed E-state index contributed by atoms with van der Waals surface area (Å²) in [4.78, 5) is 37.3. The van der Waals surface area contributed by atoms with Crippen molar-refractivity contribution < 1.29 is 33.5 Å². The molecule has 1 aromatic carbocycles. The molecule has 1 amide bonds. The van der Waals surface area contributed by atoms with Gasteiger partial charge < -0.3 is 28.6 Å². The van der Waals surface area contributed by atoms with Crippen LogP contribution in [0.1, 0.15) is 23.3 Å². The molecule has 1 saturated heterocycles. The third kappa shape index (κ3) is 5.14. The van der Waals surface area contributed by atoms with Gasteiger partial charge in [0.1, 0.15) is 0 Å². The van der Waals surface area contributed by atoms with Crippen molar-refractivity contribution >= 4 is 28.9 Å². The van der Waals surface area contributed by atoms with E-state index >= 15 is 0 Å². The number of amides is 1. The van der Waals surface area contributed by atoms with Gasteiger partial charge in [0.2, 0.25) is 5.76 Å². The third-order valence-corrected chi connectivity index (χ3v) is 5.56. The molecular weight excluding hydrogens is 444 g/mol. The van der Waals surface area contributed by atoms with Crippen molar-refractivity contribution in [1.29, 1.82) is 0 Å². The summed E-state index contributed by atoms with van der Waals surface area (Å²) in [5.74, 6) is -2.18. The summed E-state index contributed by atoms with van der Waals surface area (Å²) < 4.78 is 12.8. The van der Waals surface area contributed by atoms with Gasteiger partial charge in [0.25, 0.3) is 5.91 Å². The van der Waals surface area contributed by atoms with Crippen LogP contribution >= 0.6 is 0 Å². The first-order valence-corrected chi connectivity index (χ1v) is 10.6. The second-order valence-electron chi connectivity index (χ2n) is 7.79. The lowest BCUT2D eigenvalue weighted by atomic mass is 9.96. The van der Waals surface area contributed by atoms with Gasteiger partial charge in [-0.25, -0.2) is 14.6 Å². The van der Waals surface area contributed by atoms with Crippen LogP contribution in [0.3, 0.4) is 0 Å². The van der Waals surface area contributed by atoms with Crippen molar-refractivity contribution in [2.45, 2.75) is 19.4 Å². The number of piperidine rings is 1. The highest BCUT2D eigenvalue weighted by molar-refractivity contribution is 6.27. The molecule has 0 atom stereocenters. The van der Waals surface area contributed by atoms with Gasteiger partial charge >= 0.3 is 11.9 Å². The number of rotatable bonds is 4. The molecule has 1 aliphatic rings. The quantitative estimate of drug-likeness (QED) is 0.432. The number of furan rings is 1. The standard InChI is InChI=1S/C21H20N4O3.C2H2O4/c26-21(17-12-20(28-23-17)19-6-3-11-27-19)24-9-7-15(8-10-24)13-25-14-22-16-4-1-2-5-18(16)25;3-1(4)2(5)6/h1-6,11-12,14-15H,7-10,13H2;(H,3,4)(H,5,6). The van der Waals surface area contributed by atoms with Crippen LogP contribution in [0.25, 0.3) is 22.6 Å². The summed E-state index contributed by atoms with van der Waals surface area (Å²) >= 11 is 0. The highest BCUT2D eigenvalue weighted by Crippen LogP contribution is 2.25. The molecule has 0 aliphatic carbocycles. The first kappa shape index (κ1) is 22.8. The van der Waals surface area contributed by atoms with Crippen LogP contribution in [-0.2, 0) is 16.1 Å². The molecule has 3 aromatic heterocycles. The van der Waals surface area contributed by atoms with Crippen LogP contribution in [-0.4, -0.2) is 60.8 Å². The summed E-state index contributed by atoms with van der Waals surface area (Å²) in [5.41, 5.74) is 2.51. The molecule has 1 aliphatic heterocycles. The number of nitrogens with zero attached hydrogens (tertiary/aromatic N) is 4. The number of likely N-dealkylation sites (tertiary alicyclic amines) is 1. The molecular formula is C23H22N4O7. The van der Waals surface area contributed by atoms with E-state index in [1.54, 1.807) is 24.5 Å². The molecule has 0 radical (unpaired) electrons. The van der Waals surface area contributed by atoms with Crippen LogP contribution in [0, 0.1) is 5.92 Å². The Morgan fingerprint density at radius 3 is 2.41 bits per heavy atom. The van der Waals surface area contributed by atoms with Gasteiger partial charge in [0.05, 0.1) is 23.6 Å². The highest BCUT2D eigenvalue weighted by atomic mass is 16.5. The molecule has 4 aromatic rings. The Kier molecular flexibility index (Phi) is 6.72. The van der Waals surface area contributed by atoms with Gasteiger partial charge in [-0.15, -0.1) is 0 Å². The molecule has 1 fully saturated rings. The van der Waals surface area contributed by atoms with E-state index in [-0.39, 0.29) is 5.91 Å². The second kappa shape index (κ2) is 10.0. The molecule has 0 unspecified atom stereocenters. The van der Waals surface area contributed by atoms with Crippen LogP contribution in [0.2, 0.25) is 0 Å². The first-order valence-electron chi connectivity index (χ1n) is 10.6. The second-order valence-corrected chi connectivity index (χ2v) is 7.79. The van der Waals surface area contributed by atoms with E-state index in [0.29, 0.717) is 23.1 Å². The van der Waals surface area contributed by atoms with E-state index < -0.39 is 11.9 Å². The molecule has 4 heterocycles. The normalized spacial score (nSPS) is 13.9. The van der Waals surface area contributed by atoms with Crippen molar-refractivity contribution in [3.05, 3.63) is 60.7 Å². The number of imidazole rings is 1. The monoisotopic (exact) mass is 466 g/mol. The predicted molar refractivity (Wildman–Crippen MR) is 118 cm³/mol. The number of carbonyl (C=O) groups is 3. The van der Waals surface area contributed by atoms with Crippen molar-refractivity contribution in [2.75, 3.05) is 13.1 Å². The maximum atomic E-state index is 12.7. The zero-order chi connectivity index (χ0) is 24.1. The van der Waals surface area contributed by atoms with E-state index in [4.69, 9.17) is 28.7 Å². The zero-order valence-electron chi connectivity index (χ0n) is 18.0. The summed E-state index contributed by atoms with van der Waals surface area (Å²) in [7, 11) is 0.